The Bertz CT molecular complexity index is 960. The van der Waals surface area contributed by atoms with Gasteiger partial charge in [0.25, 0.3) is 0 Å². The molecule has 5 unspecified atom stereocenters. The van der Waals surface area contributed by atoms with Crippen molar-refractivity contribution in [3.8, 4) is 18.2 Å². The molecular formula is C21H19BrN4O2. The first-order chi connectivity index (χ1) is 13.4. The number of benzene rings is 1. The quantitative estimate of drug-likeness (QED) is 0.724. The smallest absolute Gasteiger partial charge is 0.217 e. The molecule has 7 heteroatoms. The van der Waals surface area contributed by atoms with E-state index in [-0.39, 0.29) is 5.90 Å². The van der Waals surface area contributed by atoms with Crippen LogP contribution >= 0.6 is 15.9 Å². The number of nitrogens with one attached hydrogen (secondary N) is 1. The topological polar surface area (TPSA) is 114 Å². The zero-order chi connectivity index (χ0) is 20.2. The lowest BCUT2D eigenvalue weighted by atomic mass is 9.50. The summed E-state index contributed by atoms with van der Waals surface area (Å²) in [4.78, 5) is 0. The Balaban J connectivity index is 1.97. The summed E-state index contributed by atoms with van der Waals surface area (Å²) in [6, 6.07) is 13.6. The predicted molar refractivity (Wildman–Crippen MR) is 102 cm³/mol. The summed E-state index contributed by atoms with van der Waals surface area (Å²) in [5.74, 6) is -1.61. The Kier molecular flexibility index (Phi) is 4.27. The van der Waals surface area contributed by atoms with Gasteiger partial charge in [0.1, 0.15) is 6.10 Å². The van der Waals surface area contributed by atoms with E-state index in [0.29, 0.717) is 24.3 Å². The molecule has 1 aromatic carbocycles. The van der Waals surface area contributed by atoms with Crippen molar-refractivity contribution in [3.05, 3.63) is 34.3 Å². The van der Waals surface area contributed by atoms with E-state index in [4.69, 9.17) is 14.9 Å². The highest BCUT2D eigenvalue weighted by Crippen LogP contribution is 2.70. The van der Waals surface area contributed by atoms with E-state index in [9.17, 15) is 15.8 Å². The number of rotatable bonds is 2. The van der Waals surface area contributed by atoms with Crippen LogP contribution in [0, 0.1) is 62.1 Å². The lowest BCUT2D eigenvalue weighted by molar-refractivity contribution is -0.299. The Labute approximate surface area is 172 Å². The van der Waals surface area contributed by atoms with Crippen molar-refractivity contribution in [1.29, 1.82) is 21.2 Å². The van der Waals surface area contributed by atoms with E-state index in [1.807, 2.05) is 6.07 Å². The Morgan fingerprint density at radius 3 is 2.61 bits per heavy atom. The van der Waals surface area contributed by atoms with Crippen LogP contribution in [-0.2, 0) is 9.47 Å². The summed E-state index contributed by atoms with van der Waals surface area (Å²) in [7, 11) is 0. The summed E-state index contributed by atoms with van der Waals surface area (Å²) < 4.78 is 13.1. The third-order valence-electron chi connectivity index (χ3n) is 6.75. The van der Waals surface area contributed by atoms with Crippen molar-refractivity contribution < 1.29 is 9.47 Å². The minimum absolute atomic E-state index is 0.308. The minimum Gasteiger partial charge on any atom is -0.447 e. The van der Waals surface area contributed by atoms with Crippen molar-refractivity contribution in [3.63, 3.8) is 0 Å². The number of ether oxygens (including phenoxy) is 2. The van der Waals surface area contributed by atoms with E-state index >= 15 is 0 Å². The second kappa shape index (κ2) is 6.31. The molecule has 0 spiro atoms. The molecule has 4 rings (SSSR count). The van der Waals surface area contributed by atoms with Gasteiger partial charge in [-0.2, -0.15) is 15.8 Å². The highest BCUT2D eigenvalue weighted by molar-refractivity contribution is 9.10. The molecule has 1 aliphatic carbocycles. The highest BCUT2D eigenvalue weighted by atomic mass is 79.9. The number of nitrogens with zero attached hydrogens (tertiary/aromatic N) is 3. The third kappa shape index (κ3) is 2.11. The number of hydrogen-bond acceptors (Lipinski definition) is 6. The van der Waals surface area contributed by atoms with Crippen LogP contribution in [0.15, 0.2) is 28.7 Å². The van der Waals surface area contributed by atoms with Crippen LogP contribution in [0.3, 0.4) is 0 Å². The van der Waals surface area contributed by atoms with Gasteiger partial charge in [0.05, 0.1) is 24.1 Å². The predicted octanol–water partition coefficient (Wildman–Crippen LogP) is 4.59. The molecular weight excluding hydrogens is 420 g/mol. The normalized spacial score (nSPS) is 37.7. The largest absolute Gasteiger partial charge is 0.447 e. The van der Waals surface area contributed by atoms with Gasteiger partial charge in [-0.15, -0.1) is 0 Å². The van der Waals surface area contributed by atoms with Crippen molar-refractivity contribution in [2.75, 3.05) is 0 Å². The summed E-state index contributed by atoms with van der Waals surface area (Å²) >= 11 is 3.42. The van der Waals surface area contributed by atoms with Crippen LogP contribution in [0.4, 0.5) is 0 Å². The Morgan fingerprint density at radius 2 is 2.00 bits per heavy atom. The van der Waals surface area contributed by atoms with Crippen LogP contribution in [0.2, 0.25) is 0 Å². The van der Waals surface area contributed by atoms with Crippen molar-refractivity contribution >= 4 is 21.8 Å². The zero-order valence-electron chi connectivity index (χ0n) is 15.4. The molecule has 0 aromatic heterocycles. The maximum atomic E-state index is 10.3. The number of halogens is 1. The van der Waals surface area contributed by atoms with Gasteiger partial charge in [-0.1, -0.05) is 41.4 Å². The first kappa shape index (κ1) is 18.9. The molecule has 0 amide bonds. The monoisotopic (exact) mass is 438 g/mol. The molecule has 2 saturated heterocycles. The zero-order valence-corrected chi connectivity index (χ0v) is 17.0. The van der Waals surface area contributed by atoms with E-state index in [2.05, 4.69) is 41.1 Å². The number of nitriles is 3. The lowest BCUT2D eigenvalue weighted by Crippen LogP contribution is -2.61. The van der Waals surface area contributed by atoms with E-state index in [1.165, 1.54) is 0 Å². The molecule has 6 nitrogen and oxygen atoms in total. The highest BCUT2D eigenvalue weighted by Gasteiger charge is 2.80. The van der Waals surface area contributed by atoms with Gasteiger partial charge >= 0.3 is 0 Å². The van der Waals surface area contributed by atoms with E-state index < -0.39 is 28.6 Å². The fourth-order valence-electron chi connectivity index (χ4n) is 5.26. The maximum Gasteiger partial charge on any atom is 0.217 e. The fraction of sp³-hybridized carbons (Fsp3) is 0.524. The number of hydrogen-bond donors (Lipinski definition) is 1. The first-order valence-corrected chi connectivity index (χ1v) is 10.2. The summed E-state index contributed by atoms with van der Waals surface area (Å²) in [5, 5.41) is 39.3. The Hall–Kier alpha value is -2.40. The molecule has 2 bridgehead atoms. The van der Waals surface area contributed by atoms with Crippen LogP contribution < -0.4 is 0 Å². The Morgan fingerprint density at radius 1 is 1.25 bits per heavy atom. The van der Waals surface area contributed by atoms with Gasteiger partial charge in [0.2, 0.25) is 17.1 Å². The standard InChI is InChI=1S/C21H19BrN4O2/c1-2-13-6-7-21-16(8-13)20(12-25,18(26)28-21)19(10-23,11-24)17(27-21)14-4-3-5-15(22)9-14/h3-5,9,13,16-17,26H,2,6-8H2,1H3. The molecule has 1 N–H and O–H groups in total. The molecule has 3 fully saturated rings. The molecule has 142 valence electrons. The van der Waals surface area contributed by atoms with Gasteiger partial charge < -0.3 is 9.47 Å². The molecule has 0 radical (unpaired) electrons. The van der Waals surface area contributed by atoms with E-state index in [0.717, 1.165) is 17.3 Å². The van der Waals surface area contributed by atoms with Gasteiger partial charge in [-0.3, -0.25) is 5.41 Å². The second-order valence-corrected chi connectivity index (χ2v) is 8.76. The van der Waals surface area contributed by atoms with Crippen LogP contribution in [-0.4, -0.2) is 11.7 Å². The first-order valence-electron chi connectivity index (χ1n) is 9.38. The van der Waals surface area contributed by atoms with Gasteiger partial charge in [-0.25, -0.2) is 0 Å². The molecule has 2 heterocycles. The molecule has 1 aromatic rings. The summed E-state index contributed by atoms with van der Waals surface area (Å²) in [6.45, 7) is 2.09. The van der Waals surface area contributed by atoms with Crippen molar-refractivity contribution in [2.24, 2.45) is 22.7 Å². The summed E-state index contributed by atoms with van der Waals surface area (Å²) in [5.41, 5.74) is -2.92. The SMILES string of the molecule is CCC1CCC23OC(=N)C(C#N)(C2C1)C(C#N)(C#N)C(c1cccc(Br)c1)O3. The van der Waals surface area contributed by atoms with Crippen molar-refractivity contribution in [2.45, 2.75) is 44.5 Å². The average Bonchev–Trinajstić information content (AvgIpc) is 2.91. The van der Waals surface area contributed by atoms with E-state index in [1.54, 1.807) is 18.2 Å². The van der Waals surface area contributed by atoms with Gasteiger partial charge in [-0.05, 0) is 36.5 Å². The third-order valence-corrected chi connectivity index (χ3v) is 7.24. The molecule has 1 saturated carbocycles. The minimum atomic E-state index is -1.88. The molecule has 3 aliphatic rings. The molecule has 2 aliphatic heterocycles. The lowest BCUT2D eigenvalue weighted by Gasteiger charge is -2.52. The van der Waals surface area contributed by atoms with Gasteiger partial charge in [0, 0.05) is 10.9 Å². The van der Waals surface area contributed by atoms with Crippen LogP contribution in [0.1, 0.15) is 44.3 Å². The van der Waals surface area contributed by atoms with Crippen molar-refractivity contribution in [1.82, 2.24) is 0 Å². The fourth-order valence-corrected chi connectivity index (χ4v) is 5.68. The second-order valence-electron chi connectivity index (χ2n) is 7.85. The molecule has 5 atom stereocenters. The van der Waals surface area contributed by atoms with Crippen LogP contribution in [0.5, 0.6) is 0 Å². The van der Waals surface area contributed by atoms with Crippen LogP contribution in [0.25, 0.3) is 0 Å². The average molecular weight is 439 g/mol. The van der Waals surface area contributed by atoms with Gasteiger partial charge in [0.15, 0.2) is 5.41 Å². The maximum absolute atomic E-state index is 10.3. The summed E-state index contributed by atoms with van der Waals surface area (Å²) in [6.07, 6.45) is 1.95. The molecule has 28 heavy (non-hydrogen) atoms.